The Kier molecular flexibility index (Phi) is 4.47. The predicted molar refractivity (Wildman–Crippen MR) is 89.3 cm³/mol. The quantitative estimate of drug-likeness (QED) is 0.565. The van der Waals surface area contributed by atoms with Crippen LogP contribution in [0.4, 0.5) is 8.78 Å². The molecule has 0 N–H and O–H groups in total. The highest BCUT2D eigenvalue weighted by molar-refractivity contribution is 6.52. The molecule has 1 nitrogen and oxygen atoms in total. The van der Waals surface area contributed by atoms with E-state index in [1.165, 1.54) is 12.1 Å². The van der Waals surface area contributed by atoms with Gasteiger partial charge in [-0.25, -0.2) is 8.78 Å². The molecule has 2 atom stereocenters. The maximum Gasteiger partial charge on any atom is 0.265 e. The Bertz CT molecular complexity index is 716. The largest absolute Gasteiger partial charge is 0.497 e. The van der Waals surface area contributed by atoms with Crippen molar-refractivity contribution >= 4 is 34.8 Å². The molecular formula is C17H13Cl3F2O. The molecule has 0 amide bonds. The van der Waals surface area contributed by atoms with Gasteiger partial charge in [0, 0.05) is 22.4 Å². The van der Waals surface area contributed by atoms with Crippen molar-refractivity contribution in [2.75, 3.05) is 7.11 Å². The van der Waals surface area contributed by atoms with Gasteiger partial charge < -0.3 is 4.74 Å². The molecule has 0 bridgehead atoms. The second kappa shape index (κ2) is 6.12. The van der Waals surface area contributed by atoms with E-state index in [4.69, 9.17) is 39.5 Å². The van der Waals surface area contributed by atoms with Gasteiger partial charge in [-0.1, -0.05) is 29.8 Å². The topological polar surface area (TPSA) is 9.23 Å². The summed E-state index contributed by atoms with van der Waals surface area (Å²) >= 11 is 18.6. The number of alkyl halides is 4. The van der Waals surface area contributed by atoms with E-state index in [9.17, 15) is 8.78 Å². The third-order valence-electron chi connectivity index (χ3n) is 4.14. The number of rotatable bonds is 4. The summed E-state index contributed by atoms with van der Waals surface area (Å²) in [4.78, 5) is 0. The summed E-state index contributed by atoms with van der Waals surface area (Å²) in [7, 11) is 1.59. The Labute approximate surface area is 148 Å². The zero-order valence-electron chi connectivity index (χ0n) is 12.1. The zero-order chi connectivity index (χ0) is 16.8. The van der Waals surface area contributed by atoms with Crippen LogP contribution in [0.2, 0.25) is 5.02 Å². The molecule has 0 spiro atoms. The van der Waals surface area contributed by atoms with Crippen LogP contribution < -0.4 is 4.74 Å². The predicted octanol–water partition coefficient (Wildman–Crippen LogP) is 6.34. The van der Waals surface area contributed by atoms with E-state index in [-0.39, 0.29) is 22.4 Å². The van der Waals surface area contributed by atoms with Gasteiger partial charge in [-0.15, -0.1) is 23.2 Å². The second-order valence-corrected chi connectivity index (χ2v) is 7.34. The summed E-state index contributed by atoms with van der Waals surface area (Å²) in [5.41, 5.74) is 1.40. The lowest BCUT2D eigenvalue weighted by molar-refractivity contribution is 0.151. The normalized spacial score (nSPS) is 22.2. The Morgan fingerprint density at radius 2 is 1.57 bits per heavy atom. The minimum absolute atomic E-state index is 0.0418. The molecular weight excluding hydrogens is 365 g/mol. The van der Waals surface area contributed by atoms with Crippen LogP contribution in [0.1, 0.15) is 35.0 Å². The molecule has 0 aliphatic heterocycles. The Morgan fingerprint density at radius 3 is 2.13 bits per heavy atom. The first kappa shape index (κ1) is 16.8. The van der Waals surface area contributed by atoms with Gasteiger partial charge in [0.25, 0.3) is 6.43 Å². The van der Waals surface area contributed by atoms with Crippen LogP contribution in [0.5, 0.6) is 5.75 Å². The van der Waals surface area contributed by atoms with E-state index in [0.717, 1.165) is 11.3 Å². The Morgan fingerprint density at radius 1 is 1.00 bits per heavy atom. The van der Waals surface area contributed by atoms with Crippen molar-refractivity contribution in [3.05, 3.63) is 64.2 Å². The first-order valence-corrected chi connectivity index (χ1v) is 8.09. The fourth-order valence-electron chi connectivity index (χ4n) is 2.89. The monoisotopic (exact) mass is 376 g/mol. The Balaban J connectivity index is 1.92. The standard InChI is InChI=1S/C17H13Cl3F2O/c1-23-11-5-2-9(3-6-11)14-15(17(14,19)20)10-4-7-13(18)12(8-10)16(21)22/h2-8,14-16H,1H3. The van der Waals surface area contributed by atoms with E-state index < -0.39 is 10.8 Å². The first-order chi connectivity index (χ1) is 10.9. The van der Waals surface area contributed by atoms with Crippen LogP contribution in [0, 0.1) is 0 Å². The van der Waals surface area contributed by atoms with Gasteiger partial charge in [0.1, 0.15) is 10.1 Å². The van der Waals surface area contributed by atoms with E-state index in [1.54, 1.807) is 13.2 Å². The third-order valence-corrected chi connectivity index (χ3v) is 5.43. The van der Waals surface area contributed by atoms with E-state index in [2.05, 4.69) is 0 Å². The average Bonchev–Trinajstić information content (AvgIpc) is 3.10. The Hall–Kier alpha value is -1.03. The molecule has 2 unspecified atom stereocenters. The molecule has 122 valence electrons. The van der Waals surface area contributed by atoms with Gasteiger partial charge >= 0.3 is 0 Å². The summed E-state index contributed by atoms with van der Waals surface area (Å²) in [6.07, 6.45) is -2.64. The molecule has 0 radical (unpaired) electrons. The van der Waals surface area contributed by atoms with Crippen molar-refractivity contribution in [1.82, 2.24) is 0 Å². The lowest BCUT2D eigenvalue weighted by Crippen LogP contribution is -1.93. The number of benzene rings is 2. The summed E-state index contributed by atoms with van der Waals surface area (Å²) in [6, 6.07) is 12.0. The lowest BCUT2D eigenvalue weighted by atomic mass is 10.0. The van der Waals surface area contributed by atoms with Gasteiger partial charge in [-0.05, 0) is 35.4 Å². The number of hydrogen-bond acceptors (Lipinski definition) is 1. The number of methoxy groups -OCH3 is 1. The summed E-state index contributed by atoms with van der Waals surface area (Å²) in [5.74, 6) is 0.310. The van der Waals surface area contributed by atoms with Crippen LogP contribution in [0.25, 0.3) is 0 Å². The molecule has 2 aromatic rings. The van der Waals surface area contributed by atoms with Gasteiger partial charge in [0.15, 0.2) is 0 Å². The maximum absolute atomic E-state index is 13.0. The second-order valence-electron chi connectivity index (χ2n) is 5.48. The zero-order valence-corrected chi connectivity index (χ0v) is 14.3. The van der Waals surface area contributed by atoms with E-state index in [1.807, 2.05) is 24.3 Å². The van der Waals surface area contributed by atoms with Crippen LogP contribution in [-0.4, -0.2) is 11.4 Å². The highest BCUT2D eigenvalue weighted by atomic mass is 35.5. The maximum atomic E-state index is 13.0. The lowest BCUT2D eigenvalue weighted by Gasteiger charge is -2.07. The van der Waals surface area contributed by atoms with Crippen molar-refractivity contribution in [2.24, 2.45) is 0 Å². The van der Waals surface area contributed by atoms with Crippen LogP contribution in [0.3, 0.4) is 0 Å². The van der Waals surface area contributed by atoms with Crippen LogP contribution in [0.15, 0.2) is 42.5 Å². The number of hydrogen-bond donors (Lipinski definition) is 0. The fraction of sp³-hybridized carbons (Fsp3) is 0.294. The van der Waals surface area contributed by atoms with Gasteiger partial charge in [-0.2, -0.15) is 0 Å². The molecule has 0 saturated heterocycles. The minimum Gasteiger partial charge on any atom is -0.497 e. The molecule has 3 rings (SSSR count). The van der Waals surface area contributed by atoms with E-state index in [0.29, 0.717) is 5.56 Å². The van der Waals surface area contributed by atoms with E-state index >= 15 is 0 Å². The van der Waals surface area contributed by atoms with Crippen LogP contribution in [-0.2, 0) is 0 Å². The fourth-order valence-corrected chi connectivity index (χ4v) is 3.97. The highest BCUT2D eigenvalue weighted by Crippen LogP contribution is 2.70. The molecule has 1 aliphatic rings. The van der Waals surface area contributed by atoms with Gasteiger partial charge in [-0.3, -0.25) is 0 Å². The molecule has 0 heterocycles. The van der Waals surface area contributed by atoms with Crippen molar-refractivity contribution in [3.8, 4) is 5.75 Å². The van der Waals surface area contributed by atoms with Gasteiger partial charge in [0.2, 0.25) is 0 Å². The summed E-state index contributed by atoms with van der Waals surface area (Å²) in [6.45, 7) is 0. The molecule has 1 aliphatic carbocycles. The molecule has 1 fully saturated rings. The molecule has 23 heavy (non-hydrogen) atoms. The number of ether oxygens (including phenoxy) is 1. The van der Waals surface area contributed by atoms with Gasteiger partial charge in [0.05, 0.1) is 7.11 Å². The third kappa shape index (κ3) is 3.02. The number of halogens is 5. The molecule has 2 aromatic carbocycles. The smallest absolute Gasteiger partial charge is 0.265 e. The first-order valence-electron chi connectivity index (χ1n) is 6.95. The van der Waals surface area contributed by atoms with Crippen molar-refractivity contribution in [3.63, 3.8) is 0 Å². The van der Waals surface area contributed by atoms with Crippen LogP contribution >= 0.6 is 34.8 Å². The molecule has 0 aromatic heterocycles. The van der Waals surface area contributed by atoms with Crippen molar-refractivity contribution in [1.29, 1.82) is 0 Å². The molecule has 6 heteroatoms. The highest BCUT2D eigenvalue weighted by Gasteiger charge is 2.64. The summed E-state index contributed by atoms with van der Waals surface area (Å²) < 4.78 is 30.1. The molecule has 1 saturated carbocycles. The van der Waals surface area contributed by atoms with Crippen molar-refractivity contribution < 1.29 is 13.5 Å². The SMILES string of the molecule is COc1ccc(C2C(c3ccc(Cl)c(C(F)F)c3)C2(Cl)Cl)cc1. The average molecular weight is 378 g/mol. The minimum atomic E-state index is -2.64. The van der Waals surface area contributed by atoms with Crippen molar-refractivity contribution in [2.45, 2.75) is 22.6 Å². The summed E-state index contributed by atoms with van der Waals surface area (Å²) in [5, 5.41) is 0.0418.